The van der Waals surface area contributed by atoms with Crippen molar-refractivity contribution in [1.29, 1.82) is 0 Å². The van der Waals surface area contributed by atoms with Crippen molar-refractivity contribution in [2.24, 2.45) is 7.05 Å². The molecular weight excluding hydrogens is 386 g/mol. The smallest absolute Gasteiger partial charge is 0.273 e. The van der Waals surface area contributed by atoms with Gasteiger partial charge in [0.15, 0.2) is 0 Å². The van der Waals surface area contributed by atoms with Crippen LogP contribution in [0.15, 0.2) is 58.8 Å². The summed E-state index contributed by atoms with van der Waals surface area (Å²) in [4.78, 5) is 21.3. The molecule has 4 aromatic heterocycles. The number of hydrogen-bond acceptors (Lipinski definition) is 6. The number of pyridine rings is 2. The summed E-state index contributed by atoms with van der Waals surface area (Å²) >= 11 is 1.43. The third-order valence-corrected chi connectivity index (χ3v) is 5.31. The second-order valence-electron chi connectivity index (χ2n) is 6.44. The van der Waals surface area contributed by atoms with Gasteiger partial charge in [-0.3, -0.25) is 14.6 Å². The van der Waals surface area contributed by atoms with Crippen molar-refractivity contribution in [1.82, 2.24) is 29.9 Å². The van der Waals surface area contributed by atoms with Gasteiger partial charge >= 0.3 is 0 Å². The van der Waals surface area contributed by atoms with Gasteiger partial charge in [-0.05, 0) is 44.2 Å². The number of aromatic amines is 1. The van der Waals surface area contributed by atoms with Gasteiger partial charge in [0.2, 0.25) is 0 Å². The number of amides is 1. The number of carbonyl (C=O) groups excluding carboxylic acids is 1. The summed E-state index contributed by atoms with van der Waals surface area (Å²) in [5, 5.41) is 16.0. The molecule has 0 aromatic carbocycles. The Morgan fingerprint density at radius 3 is 2.66 bits per heavy atom. The fourth-order valence-electron chi connectivity index (χ4n) is 2.97. The van der Waals surface area contributed by atoms with E-state index in [0.717, 1.165) is 27.0 Å². The van der Waals surface area contributed by atoms with Crippen LogP contribution < -0.4 is 5.32 Å². The highest BCUT2D eigenvalue weighted by atomic mass is 32.2. The van der Waals surface area contributed by atoms with E-state index in [9.17, 15) is 4.79 Å². The predicted molar refractivity (Wildman–Crippen MR) is 111 cm³/mol. The average molecular weight is 405 g/mol. The highest BCUT2D eigenvalue weighted by Gasteiger charge is 2.17. The molecule has 2 N–H and O–H groups in total. The maximum absolute atomic E-state index is 12.7. The van der Waals surface area contributed by atoms with Gasteiger partial charge in [0, 0.05) is 36.4 Å². The first-order valence-electron chi connectivity index (χ1n) is 8.93. The molecule has 0 radical (unpaired) electrons. The molecule has 1 amide bonds. The lowest BCUT2D eigenvalue weighted by Gasteiger charge is -2.05. The van der Waals surface area contributed by atoms with Crippen molar-refractivity contribution in [2.45, 2.75) is 23.9 Å². The third kappa shape index (κ3) is 4.04. The van der Waals surface area contributed by atoms with E-state index in [1.807, 2.05) is 45.2 Å². The lowest BCUT2D eigenvalue weighted by molar-refractivity contribution is 0.102. The van der Waals surface area contributed by atoms with Gasteiger partial charge in [0.05, 0.1) is 11.4 Å². The maximum atomic E-state index is 12.7. The fourth-order valence-corrected chi connectivity index (χ4v) is 3.74. The average Bonchev–Trinajstić information content (AvgIpc) is 3.27. The number of rotatable bonds is 5. The molecule has 4 aromatic rings. The molecule has 0 fully saturated rings. The Labute approximate surface area is 171 Å². The number of hydrogen-bond donors (Lipinski definition) is 2. The van der Waals surface area contributed by atoms with Crippen molar-refractivity contribution in [3.05, 3.63) is 65.9 Å². The first-order chi connectivity index (χ1) is 14.0. The Balaban J connectivity index is 1.50. The number of nitrogens with zero attached hydrogens (tertiary/aromatic N) is 5. The molecule has 0 aliphatic heterocycles. The van der Waals surface area contributed by atoms with E-state index < -0.39 is 0 Å². The van der Waals surface area contributed by atoms with Crippen LogP contribution in [-0.4, -0.2) is 35.9 Å². The topological polar surface area (TPSA) is 101 Å². The molecule has 0 spiro atoms. The minimum Gasteiger partial charge on any atom is -0.321 e. The first-order valence-corrected chi connectivity index (χ1v) is 9.75. The zero-order valence-electron chi connectivity index (χ0n) is 16.2. The van der Waals surface area contributed by atoms with E-state index in [1.54, 1.807) is 29.2 Å². The van der Waals surface area contributed by atoms with Crippen molar-refractivity contribution < 1.29 is 4.79 Å². The Morgan fingerprint density at radius 1 is 1.10 bits per heavy atom. The molecule has 0 aliphatic rings. The van der Waals surface area contributed by atoms with Crippen LogP contribution in [0.25, 0.3) is 11.3 Å². The molecule has 0 unspecified atom stereocenters. The van der Waals surface area contributed by atoms with Gasteiger partial charge in [-0.1, -0.05) is 17.8 Å². The van der Waals surface area contributed by atoms with E-state index in [-0.39, 0.29) is 5.91 Å². The normalized spacial score (nSPS) is 10.9. The summed E-state index contributed by atoms with van der Waals surface area (Å²) in [6.07, 6.45) is 3.39. The Bertz CT molecular complexity index is 1170. The van der Waals surface area contributed by atoms with Gasteiger partial charge in [-0.25, -0.2) is 9.97 Å². The molecule has 0 saturated heterocycles. The quantitative estimate of drug-likeness (QED) is 0.526. The van der Waals surface area contributed by atoms with E-state index >= 15 is 0 Å². The maximum Gasteiger partial charge on any atom is 0.273 e. The van der Waals surface area contributed by atoms with Gasteiger partial charge in [0.1, 0.15) is 15.7 Å². The highest BCUT2D eigenvalue weighted by Crippen LogP contribution is 2.27. The monoisotopic (exact) mass is 405 g/mol. The summed E-state index contributed by atoms with van der Waals surface area (Å²) in [5.74, 6) is -0.275. The molecule has 4 rings (SSSR count). The van der Waals surface area contributed by atoms with Crippen molar-refractivity contribution in [3.8, 4) is 11.3 Å². The lowest BCUT2D eigenvalue weighted by Crippen LogP contribution is -2.12. The minimum absolute atomic E-state index is 0.275. The number of aryl methyl sites for hydroxylation is 2. The van der Waals surface area contributed by atoms with Crippen LogP contribution in [0.3, 0.4) is 0 Å². The lowest BCUT2D eigenvalue weighted by atomic mass is 10.1. The molecule has 9 heteroatoms. The molecule has 29 heavy (non-hydrogen) atoms. The summed E-state index contributed by atoms with van der Waals surface area (Å²) in [6.45, 7) is 3.90. The third-order valence-electron chi connectivity index (χ3n) is 4.43. The molecule has 0 saturated carbocycles. The van der Waals surface area contributed by atoms with Crippen LogP contribution in [0.2, 0.25) is 0 Å². The molecule has 0 aliphatic carbocycles. The van der Waals surface area contributed by atoms with Crippen LogP contribution in [-0.2, 0) is 7.05 Å². The van der Waals surface area contributed by atoms with Gasteiger partial charge in [-0.15, -0.1) is 0 Å². The number of carbonyl (C=O) groups is 1. The van der Waals surface area contributed by atoms with Crippen molar-refractivity contribution in [3.63, 3.8) is 0 Å². The van der Waals surface area contributed by atoms with E-state index in [4.69, 9.17) is 0 Å². The summed E-state index contributed by atoms with van der Waals surface area (Å²) in [5.41, 5.74) is 4.51. The van der Waals surface area contributed by atoms with Crippen molar-refractivity contribution >= 4 is 23.4 Å². The van der Waals surface area contributed by atoms with Gasteiger partial charge < -0.3 is 5.32 Å². The zero-order valence-corrected chi connectivity index (χ0v) is 17.0. The van der Waals surface area contributed by atoms with Gasteiger partial charge in [-0.2, -0.15) is 10.2 Å². The fraction of sp³-hybridized carbons (Fsp3) is 0.150. The number of H-pyrrole nitrogens is 1. The number of anilines is 1. The molecule has 0 bridgehead atoms. The first kappa shape index (κ1) is 18.9. The second kappa shape index (κ2) is 7.88. The minimum atomic E-state index is -0.275. The summed E-state index contributed by atoms with van der Waals surface area (Å²) in [7, 11) is 1.89. The Hall–Kier alpha value is -3.46. The summed E-state index contributed by atoms with van der Waals surface area (Å²) < 4.78 is 1.80. The highest BCUT2D eigenvalue weighted by molar-refractivity contribution is 7.99. The van der Waals surface area contributed by atoms with Crippen LogP contribution in [0, 0.1) is 13.8 Å². The Morgan fingerprint density at radius 2 is 1.93 bits per heavy atom. The second-order valence-corrected chi connectivity index (χ2v) is 7.48. The van der Waals surface area contributed by atoms with E-state index in [2.05, 4.69) is 30.6 Å². The van der Waals surface area contributed by atoms with Gasteiger partial charge in [0.25, 0.3) is 5.91 Å². The Kier molecular flexibility index (Phi) is 5.13. The number of aromatic nitrogens is 6. The van der Waals surface area contributed by atoms with E-state index in [1.165, 1.54) is 11.8 Å². The van der Waals surface area contributed by atoms with Crippen molar-refractivity contribution in [2.75, 3.05) is 5.32 Å². The summed E-state index contributed by atoms with van der Waals surface area (Å²) in [6, 6.07) is 11.0. The standard InChI is InChI=1S/C20H19N7OS/c1-12-19(13(2)27(3)26-12)15-11-16(25-24-15)20(28)23-14-7-9-22-18(10-14)29-17-6-4-5-8-21-17/h4-11H,1-3H3,(H,24,25)(H,22,23,28). The largest absolute Gasteiger partial charge is 0.321 e. The van der Waals surface area contributed by atoms with Crippen LogP contribution >= 0.6 is 11.8 Å². The number of nitrogens with one attached hydrogen (secondary N) is 2. The van der Waals surface area contributed by atoms with E-state index in [0.29, 0.717) is 17.1 Å². The zero-order chi connectivity index (χ0) is 20.4. The predicted octanol–water partition coefficient (Wildman–Crippen LogP) is 3.62. The van der Waals surface area contributed by atoms with Crippen LogP contribution in [0.4, 0.5) is 5.69 Å². The molecule has 146 valence electrons. The van der Waals surface area contributed by atoms with Crippen LogP contribution in [0.1, 0.15) is 21.9 Å². The SMILES string of the molecule is Cc1nn(C)c(C)c1-c1cc(C(=O)Nc2ccnc(Sc3ccccn3)c2)[nH]n1. The molecule has 8 nitrogen and oxygen atoms in total. The molecular formula is C20H19N7OS. The molecule has 4 heterocycles. The van der Waals surface area contributed by atoms with Crippen LogP contribution in [0.5, 0.6) is 0 Å². The molecule has 0 atom stereocenters.